The number of morpholine rings is 1. The Morgan fingerprint density at radius 3 is 2.96 bits per heavy atom. The molecular formula is C19H24N2O5. The number of benzene rings is 1. The van der Waals surface area contributed by atoms with Crippen molar-refractivity contribution in [1.82, 2.24) is 9.88 Å². The number of hydrogen-bond donors (Lipinski definition) is 1. The Labute approximate surface area is 152 Å². The van der Waals surface area contributed by atoms with Gasteiger partial charge in [0, 0.05) is 24.7 Å². The van der Waals surface area contributed by atoms with E-state index in [1.165, 1.54) is 0 Å². The van der Waals surface area contributed by atoms with Crippen LogP contribution >= 0.6 is 0 Å². The van der Waals surface area contributed by atoms with Gasteiger partial charge in [0.05, 0.1) is 12.7 Å². The molecule has 0 bridgehead atoms. The molecule has 1 unspecified atom stereocenters. The summed E-state index contributed by atoms with van der Waals surface area (Å²) in [6.45, 7) is 6.49. The molecule has 0 radical (unpaired) electrons. The van der Waals surface area contributed by atoms with E-state index in [1.54, 1.807) is 24.4 Å². The van der Waals surface area contributed by atoms with Gasteiger partial charge < -0.3 is 24.2 Å². The summed E-state index contributed by atoms with van der Waals surface area (Å²) in [7, 11) is 2.05. The van der Waals surface area contributed by atoms with Crippen molar-refractivity contribution in [2.24, 2.45) is 0 Å². The van der Waals surface area contributed by atoms with E-state index in [4.69, 9.17) is 14.2 Å². The van der Waals surface area contributed by atoms with E-state index in [0.29, 0.717) is 24.8 Å². The second kappa shape index (κ2) is 7.88. The molecule has 1 saturated heterocycles. The number of hydrogen-bond acceptors (Lipinski definition) is 6. The van der Waals surface area contributed by atoms with Crippen molar-refractivity contribution >= 4 is 16.7 Å². The fraction of sp³-hybridized carbons (Fsp3) is 0.474. The molecule has 7 heteroatoms. The van der Waals surface area contributed by atoms with E-state index in [9.17, 15) is 9.90 Å². The standard InChI is InChI=1S/C19H24N2O5/c1-12(2)26-17-9-15-13(8-16(17)19(22)23)4-5-20-18(15)25-11-14-10-21(3)6-7-24-14/h4-5,8-9,12,14H,6-7,10-11H2,1-3H3,(H,22,23). The van der Waals surface area contributed by atoms with Crippen LogP contribution in [0.3, 0.4) is 0 Å². The highest BCUT2D eigenvalue weighted by atomic mass is 16.5. The normalized spacial score (nSPS) is 18.2. The van der Waals surface area contributed by atoms with Crippen LogP contribution in [0.2, 0.25) is 0 Å². The summed E-state index contributed by atoms with van der Waals surface area (Å²) in [5.74, 6) is -0.267. The topological polar surface area (TPSA) is 81.1 Å². The molecule has 1 N–H and O–H groups in total. The van der Waals surface area contributed by atoms with Gasteiger partial charge in [0.1, 0.15) is 24.0 Å². The highest BCUT2D eigenvalue weighted by molar-refractivity contribution is 5.99. The van der Waals surface area contributed by atoms with Gasteiger partial charge in [-0.1, -0.05) is 0 Å². The number of aromatic carboxylic acids is 1. The number of carboxylic acids is 1. The van der Waals surface area contributed by atoms with Gasteiger partial charge in [-0.2, -0.15) is 0 Å². The van der Waals surface area contributed by atoms with Gasteiger partial charge in [0.2, 0.25) is 5.88 Å². The number of fused-ring (bicyclic) bond motifs is 1. The lowest BCUT2D eigenvalue weighted by molar-refractivity contribution is -0.0407. The van der Waals surface area contributed by atoms with E-state index >= 15 is 0 Å². The zero-order chi connectivity index (χ0) is 18.7. The summed E-state index contributed by atoms with van der Waals surface area (Å²) >= 11 is 0. The zero-order valence-corrected chi connectivity index (χ0v) is 15.3. The maximum Gasteiger partial charge on any atom is 0.339 e. The van der Waals surface area contributed by atoms with Crippen LogP contribution < -0.4 is 9.47 Å². The van der Waals surface area contributed by atoms with Crippen LogP contribution in [-0.4, -0.2) is 66.5 Å². The predicted octanol–water partition coefficient (Wildman–Crippen LogP) is 2.43. The average molecular weight is 360 g/mol. The quantitative estimate of drug-likeness (QED) is 0.847. The van der Waals surface area contributed by atoms with Crippen LogP contribution in [0, 0.1) is 0 Å². The van der Waals surface area contributed by atoms with Gasteiger partial charge >= 0.3 is 5.97 Å². The highest BCUT2D eigenvalue weighted by Gasteiger charge is 2.20. The van der Waals surface area contributed by atoms with Crippen molar-refractivity contribution in [3.63, 3.8) is 0 Å². The number of likely N-dealkylation sites (N-methyl/N-ethyl adjacent to an activating group) is 1. The Hall–Kier alpha value is -2.38. The molecule has 3 rings (SSSR count). The minimum Gasteiger partial charge on any atom is -0.490 e. The summed E-state index contributed by atoms with van der Waals surface area (Å²) in [6, 6.07) is 5.04. The van der Waals surface area contributed by atoms with E-state index in [-0.39, 0.29) is 17.8 Å². The molecule has 1 aromatic carbocycles. The summed E-state index contributed by atoms with van der Waals surface area (Å²) in [4.78, 5) is 18.1. The molecule has 0 aliphatic carbocycles. The maximum absolute atomic E-state index is 11.5. The van der Waals surface area contributed by atoms with Crippen LogP contribution in [0.1, 0.15) is 24.2 Å². The van der Waals surface area contributed by atoms with Crippen molar-refractivity contribution in [1.29, 1.82) is 0 Å². The SMILES string of the molecule is CC(C)Oc1cc2c(OCC3CN(C)CCO3)nccc2cc1C(=O)O. The molecule has 1 atom stereocenters. The van der Waals surface area contributed by atoms with Crippen LogP contribution in [0.25, 0.3) is 10.8 Å². The molecular weight excluding hydrogens is 336 g/mol. The van der Waals surface area contributed by atoms with E-state index in [2.05, 4.69) is 16.9 Å². The number of ether oxygens (including phenoxy) is 3. The highest BCUT2D eigenvalue weighted by Crippen LogP contribution is 2.31. The van der Waals surface area contributed by atoms with Crippen LogP contribution in [0.5, 0.6) is 11.6 Å². The minimum absolute atomic E-state index is 0.0181. The minimum atomic E-state index is -1.03. The van der Waals surface area contributed by atoms with E-state index < -0.39 is 5.97 Å². The molecule has 1 aliphatic rings. The smallest absolute Gasteiger partial charge is 0.339 e. The van der Waals surface area contributed by atoms with E-state index in [1.807, 2.05) is 13.8 Å². The lowest BCUT2D eigenvalue weighted by atomic mass is 10.1. The Morgan fingerprint density at radius 1 is 1.46 bits per heavy atom. The van der Waals surface area contributed by atoms with Crippen LogP contribution in [-0.2, 0) is 4.74 Å². The van der Waals surface area contributed by atoms with Gasteiger partial charge in [-0.05, 0) is 44.5 Å². The molecule has 2 aromatic rings. The van der Waals surface area contributed by atoms with Gasteiger partial charge in [-0.3, -0.25) is 0 Å². The largest absolute Gasteiger partial charge is 0.490 e. The summed E-state index contributed by atoms with van der Waals surface area (Å²) in [6.07, 6.45) is 1.45. The average Bonchev–Trinajstić information content (AvgIpc) is 2.59. The van der Waals surface area contributed by atoms with Gasteiger partial charge in [-0.15, -0.1) is 0 Å². The molecule has 1 aromatic heterocycles. The third-order valence-electron chi connectivity index (χ3n) is 4.17. The van der Waals surface area contributed by atoms with Crippen LogP contribution in [0.4, 0.5) is 0 Å². The fourth-order valence-electron chi connectivity index (χ4n) is 2.95. The number of rotatable bonds is 6. The van der Waals surface area contributed by atoms with Gasteiger partial charge in [0.25, 0.3) is 0 Å². The molecule has 140 valence electrons. The number of pyridine rings is 1. The third kappa shape index (κ3) is 4.23. The first-order chi connectivity index (χ1) is 12.4. The first kappa shape index (κ1) is 18.4. The molecule has 0 amide bonds. The fourth-order valence-corrected chi connectivity index (χ4v) is 2.95. The molecule has 7 nitrogen and oxygen atoms in total. The van der Waals surface area contributed by atoms with Crippen molar-refractivity contribution in [3.05, 3.63) is 30.0 Å². The molecule has 0 spiro atoms. The Balaban J connectivity index is 1.89. The maximum atomic E-state index is 11.5. The lowest BCUT2D eigenvalue weighted by Crippen LogP contribution is -2.42. The third-order valence-corrected chi connectivity index (χ3v) is 4.17. The number of nitrogens with zero attached hydrogens (tertiary/aromatic N) is 2. The van der Waals surface area contributed by atoms with E-state index in [0.717, 1.165) is 23.9 Å². The van der Waals surface area contributed by atoms with Crippen molar-refractivity contribution < 1.29 is 24.1 Å². The first-order valence-electron chi connectivity index (χ1n) is 8.69. The summed E-state index contributed by atoms with van der Waals surface area (Å²) in [5, 5.41) is 10.9. The molecule has 1 aliphatic heterocycles. The number of carbonyl (C=O) groups is 1. The summed E-state index contributed by atoms with van der Waals surface area (Å²) < 4.78 is 17.3. The lowest BCUT2D eigenvalue weighted by Gasteiger charge is -2.29. The Bertz CT molecular complexity index is 793. The second-order valence-electron chi connectivity index (χ2n) is 6.72. The molecule has 2 heterocycles. The second-order valence-corrected chi connectivity index (χ2v) is 6.72. The van der Waals surface area contributed by atoms with Crippen molar-refractivity contribution in [3.8, 4) is 11.6 Å². The Kier molecular flexibility index (Phi) is 5.58. The Morgan fingerprint density at radius 2 is 2.27 bits per heavy atom. The number of aromatic nitrogens is 1. The predicted molar refractivity (Wildman–Crippen MR) is 97.2 cm³/mol. The van der Waals surface area contributed by atoms with Gasteiger partial charge in [-0.25, -0.2) is 9.78 Å². The van der Waals surface area contributed by atoms with Gasteiger partial charge in [0.15, 0.2) is 0 Å². The number of carboxylic acid groups (broad SMARTS) is 1. The monoisotopic (exact) mass is 360 g/mol. The molecule has 26 heavy (non-hydrogen) atoms. The summed E-state index contributed by atoms with van der Waals surface area (Å²) in [5.41, 5.74) is 0.126. The molecule has 1 fully saturated rings. The first-order valence-corrected chi connectivity index (χ1v) is 8.69. The molecule has 0 saturated carbocycles. The van der Waals surface area contributed by atoms with Crippen molar-refractivity contribution in [2.75, 3.05) is 33.4 Å². The van der Waals surface area contributed by atoms with Crippen LogP contribution in [0.15, 0.2) is 24.4 Å². The van der Waals surface area contributed by atoms with Crippen molar-refractivity contribution in [2.45, 2.75) is 26.1 Å². The zero-order valence-electron chi connectivity index (χ0n) is 15.3.